The summed E-state index contributed by atoms with van der Waals surface area (Å²) in [5, 5.41) is 11.5. The van der Waals surface area contributed by atoms with Crippen molar-refractivity contribution in [2.45, 2.75) is 39.7 Å². The van der Waals surface area contributed by atoms with E-state index in [0.29, 0.717) is 23.3 Å². The number of hydrogen-bond donors (Lipinski definition) is 2. The molecule has 1 atom stereocenters. The normalized spacial score (nSPS) is 17.2. The van der Waals surface area contributed by atoms with Gasteiger partial charge in [0.1, 0.15) is 11.5 Å². The Hall–Kier alpha value is -4.46. The molecule has 2 aromatic carbocycles. The van der Waals surface area contributed by atoms with Crippen molar-refractivity contribution in [2.75, 3.05) is 11.5 Å². The number of pyridine rings is 1. The first-order valence-corrected chi connectivity index (χ1v) is 12.2. The summed E-state index contributed by atoms with van der Waals surface area (Å²) in [4.78, 5) is 40.1. The number of carbonyl (C=O) groups excluding carboxylic acids is 2. The van der Waals surface area contributed by atoms with Crippen LogP contribution in [0.2, 0.25) is 0 Å². The molecule has 0 aliphatic carbocycles. The highest BCUT2D eigenvalue weighted by atomic mass is 16.5. The molecule has 1 unspecified atom stereocenters. The maximum atomic E-state index is 13.4. The number of Topliss-reactive ketones (excluding diaryl/α,β-unsaturated/α-hetero) is 1. The third-order valence-corrected chi connectivity index (χ3v) is 6.50. The number of fused-ring (bicyclic) bond motifs is 1. The summed E-state index contributed by atoms with van der Waals surface area (Å²) in [6.45, 7) is 8.43. The molecule has 2 aromatic heterocycles. The zero-order valence-electron chi connectivity index (χ0n) is 21.1. The van der Waals surface area contributed by atoms with Gasteiger partial charge in [0.05, 0.1) is 29.3 Å². The predicted molar refractivity (Wildman–Crippen MR) is 142 cm³/mol. The van der Waals surface area contributed by atoms with Gasteiger partial charge in [-0.15, -0.1) is 0 Å². The molecule has 0 radical (unpaired) electrons. The number of aromatic nitrogens is 3. The van der Waals surface area contributed by atoms with Crippen LogP contribution in [0.5, 0.6) is 5.75 Å². The van der Waals surface area contributed by atoms with Crippen molar-refractivity contribution in [3.63, 3.8) is 0 Å². The van der Waals surface area contributed by atoms with Gasteiger partial charge in [-0.3, -0.25) is 19.5 Å². The number of aliphatic hydroxyl groups is 1. The maximum Gasteiger partial charge on any atom is 0.302 e. The largest absolute Gasteiger partial charge is 0.507 e. The molecule has 188 valence electrons. The van der Waals surface area contributed by atoms with Crippen molar-refractivity contribution in [3.8, 4) is 5.75 Å². The number of carbonyl (C=O) groups is 2. The van der Waals surface area contributed by atoms with E-state index in [0.717, 1.165) is 22.4 Å². The number of imidazole rings is 1. The van der Waals surface area contributed by atoms with E-state index in [1.54, 1.807) is 36.7 Å². The van der Waals surface area contributed by atoms with Gasteiger partial charge in [0.15, 0.2) is 0 Å². The zero-order chi connectivity index (χ0) is 26.3. The summed E-state index contributed by atoms with van der Waals surface area (Å²) in [5.74, 6) is -0.762. The van der Waals surface area contributed by atoms with E-state index in [-0.39, 0.29) is 23.2 Å². The number of nitrogens with one attached hydrogen (secondary N) is 1. The summed E-state index contributed by atoms with van der Waals surface area (Å²) in [6.07, 6.45) is 3.20. The smallest absolute Gasteiger partial charge is 0.302 e. The van der Waals surface area contributed by atoms with E-state index in [4.69, 9.17) is 4.74 Å². The average Bonchev–Trinajstić information content (AvgIpc) is 3.42. The number of benzene rings is 2. The number of aryl methyl sites for hydroxylation is 1. The van der Waals surface area contributed by atoms with Gasteiger partial charge in [0.2, 0.25) is 5.95 Å². The summed E-state index contributed by atoms with van der Waals surface area (Å²) >= 11 is 0. The first kappa shape index (κ1) is 24.2. The Morgan fingerprint density at radius 2 is 1.97 bits per heavy atom. The van der Waals surface area contributed by atoms with E-state index < -0.39 is 17.7 Å². The molecular weight excluding hydrogens is 468 g/mol. The molecule has 2 N–H and O–H groups in total. The standard InChI is InChI=1S/C29H28N4O4/c1-5-37-23-11-9-18(14-20(23)16(2)3)26(34)24-25(19-7-6-12-30-15-19)33(28(36)27(24)35)29-31-21-10-8-17(4)13-22(21)32-29/h6-16,25,34H,5H2,1-4H3,(H,31,32)/b26-24+. The molecule has 1 fully saturated rings. The van der Waals surface area contributed by atoms with Crippen molar-refractivity contribution in [1.82, 2.24) is 15.0 Å². The molecule has 1 amide bonds. The SMILES string of the molecule is CCOc1ccc(/C(O)=C2\C(=O)C(=O)N(c3nc4ccc(C)cc4[nH]3)C2c2cccnc2)cc1C(C)C. The minimum Gasteiger partial charge on any atom is -0.507 e. The lowest BCUT2D eigenvalue weighted by Gasteiger charge is -2.23. The number of H-pyrrole nitrogens is 1. The average molecular weight is 497 g/mol. The highest BCUT2D eigenvalue weighted by Gasteiger charge is 2.48. The van der Waals surface area contributed by atoms with Crippen LogP contribution in [0, 0.1) is 6.92 Å². The lowest BCUT2D eigenvalue weighted by atomic mass is 9.94. The molecule has 37 heavy (non-hydrogen) atoms. The van der Waals surface area contributed by atoms with Gasteiger partial charge in [-0.05, 0) is 72.9 Å². The third-order valence-electron chi connectivity index (χ3n) is 6.50. The quantitative estimate of drug-likeness (QED) is 0.210. The van der Waals surface area contributed by atoms with E-state index in [2.05, 4.69) is 15.0 Å². The Kier molecular flexibility index (Phi) is 6.25. The van der Waals surface area contributed by atoms with Crippen molar-refractivity contribution in [2.24, 2.45) is 0 Å². The molecule has 3 heterocycles. The zero-order valence-corrected chi connectivity index (χ0v) is 21.1. The van der Waals surface area contributed by atoms with Gasteiger partial charge in [0, 0.05) is 18.0 Å². The van der Waals surface area contributed by atoms with Crippen LogP contribution >= 0.6 is 0 Å². The Morgan fingerprint density at radius 3 is 2.68 bits per heavy atom. The van der Waals surface area contributed by atoms with E-state index in [1.165, 1.54) is 4.90 Å². The topological polar surface area (TPSA) is 108 Å². The second-order valence-corrected chi connectivity index (χ2v) is 9.38. The van der Waals surface area contributed by atoms with Crippen molar-refractivity contribution >= 4 is 34.4 Å². The van der Waals surface area contributed by atoms with Crippen LogP contribution in [-0.4, -0.2) is 38.4 Å². The Bertz CT molecular complexity index is 1540. The molecule has 8 nitrogen and oxygen atoms in total. The molecule has 5 rings (SSSR count). The van der Waals surface area contributed by atoms with Gasteiger partial charge in [-0.1, -0.05) is 26.0 Å². The van der Waals surface area contributed by atoms with Gasteiger partial charge in [-0.25, -0.2) is 4.98 Å². The fourth-order valence-corrected chi connectivity index (χ4v) is 4.72. The number of aliphatic hydroxyl groups excluding tert-OH is 1. The molecule has 4 aromatic rings. The molecule has 8 heteroatoms. The number of hydrogen-bond acceptors (Lipinski definition) is 6. The van der Waals surface area contributed by atoms with Crippen LogP contribution in [0.3, 0.4) is 0 Å². The van der Waals surface area contributed by atoms with Crippen molar-refractivity contribution in [3.05, 3.63) is 88.8 Å². The number of amides is 1. The molecule has 1 saturated heterocycles. The van der Waals surface area contributed by atoms with Crippen LogP contribution in [0.4, 0.5) is 5.95 Å². The number of nitrogens with zero attached hydrogens (tertiary/aromatic N) is 3. The van der Waals surface area contributed by atoms with E-state index >= 15 is 0 Å². The van der Waals surface area contributed by atoms with Crippen LogP contribution in [0.25, 0.3) is 16.8 Å². The van der Waals surface area contributed by atoms with Crippen molar-refractivity contribution in [1.29, 1.82) is 0 Å². The highest BCUT2D eigenvalue weighted by Crippen LogP contribution is 2.42. The fourth-order valence-electron chi connectivity index (χ4n) is 4.72. The van der Waals surface area contributed by atoms with Gasteiger partial charge < -0.3 is 14.8 Å². The first-order chi connectivity index (χ1) is 17.8. The van der Waals surface area contributed by atoms with Crippen LogP contribution in [0.15, 0.2) is 66.5 Å². The predicted octanol–water partition coefficient (Wildman–Crippen LogP) is 5.41. The molecular formula is C29H28N4O4. The minimum atomic E-state index is -0.913. The second kappa shape index (κ2) is 9.54. The Labute approximate surface area is 214 Å². The summed E-state index contributed by atoms with van der Waals surface area (Å²) < 4.78 is 5.75. The molecule has 1 aliphatic heterocycles. The number of ether oxygens (including phenoxy) is 1. The van der Waals surface area contributed by atoms with Crippen LogP contribution < -0.4 is 9.64 Å². The van der Waals surface area contributed by atoms with Crippen molar-refractivity contribution < 1.29 is 19.4 Å². The first-order valence-electron chi connectivity index (χ1n) is 12.2. The summed E-state index contributed by atoms with van der Waals surface area (Å²) in [7, 11) is 0. The molecule has 1 aliphatic rings. The van der Waals surface area contributed by atoms with E-state index in [9.17, 15) is 14.7 Å². The number of ketones is 1. The Morgan fingerprint density at radius 1 is 1.16 bits per heavy atom. The molecule has 0 spiro atoms. The van der Waals surface area contributed by atoms with Crippen LogP contribution in [0.1, 0.15) is 55.0 Å². The lowest BCUT2D eigenvalue weighted by molar-refractivity contribution is -0.132. The number of anilines is 1. The highest BCUT2D eigenvalue weighted by molar-refractivity contribution is 6.51. The maximum absolute atomic E-state index is 13.4. The molecule has 0 saturated carbocycles. The lowest BCUT2D eigenvalue weighted by Crippen LogP contribution is -2.30. The number of rotatable bonds is 6. The van der Waals surface area contributed by atoms with Gasteiger partial charge in [0.25, 0.3) is 5.78 Å². The van der Waals surface area contributed by atoms with Gasteiger partial charge in [-0.2, -0.15) is 0 Å². The monoisotopic (exact) mass is 496 g/mol. The van der Waals surface area contributed by atoms with Gasteiger partial charge >= 0.3 is 5.91 Å². The minimum absolute atomic E-state index is 0.0199. The third kappa shape index (κ3) is 4.24. The van der Waals surface area contributed by atoms with E-state index in [1.807, 2.05) is 52.0 Å². The number of aromatic amines is 1. The Balaban J connectivity index is 1.70. The summed E-state index contributed by atoms with van der Waals surface area (Å²) in [6, 6.07) is 13.6. The fraction of sp³-hybridized carbons (Fsp3) is 0.241. The second-order valence-electron chi connectivity index (χ2n) is 9.38. The van der Waals surface area contributed by atoms with Crippen LogP contribution in [-0.2, 0) is 9.59 Å². The summed E-state index contributed by atoms with van der Waals surface area (Å²) in [5.41, 5.74) is 4.33. The molecule has 0 bridgehead atoms.